The van der Waals surface area contributed by atoms with E-state index in [4.69, 9.17) is 0 Å². The molecule has 1 N–H and O–H groups in total. The van der Waals surface area contributed by atoms with Crippen LogP contribution in [0.15, 0.2) is 48.1 Å². The molecule has 0 saturated carbocycles. The summed E-state index contributed by atoms with van der Waals surface area (Å²) in [5, 5.41) is 13.6. The second kappa shape index (κ2) is 7.13. The standard InChI is InChI=1S/C16H9F3N6OS2/c17-16(18,19)14-23-24-15(28-14)22-12(26)11-8-27-13(21-11)9-6-20-25(7-9)10-4-2-1-3-5-10/h1-8H,(H,22,24,26). The van der Waals surface area contributed by atoms with Gasteiger partial charge in [0.2, 0.25) is 10.1 Å². The smallest absolute Gasteiger partial charge is 0.295 e. The predicted octanol–water partition coefficient (Wildman–Crippen LogP) is 4.12. The van der Waals surface area contributed by atoms with Crippen LogP contribution in [0.25, 0.3) is 16.3 Å². The van der Waals surface area contributed by atoms with Gasteiger partial charge in [0, 0.05) is 17.1 Å². The zero-order chi connectivity index (χ0) is 19.7. The summed E-state index contributed by atoms with van der Waals surface area (Å²) in [6, 6.07) is 9.47. The van der Waals surface area contributed by atoms with Gasteiger partial charge in [-0.15, -0.1) is 21.5 Å². The van der Waals surface area contributed by atoms with Crippen LogP contribution in [0.1, 0.15) is 15.5 Å². The van der Waals surface area contributed by atoms with Gasteiger partial charge in [-0.25, -0.2) is 9.67 Å². The lowest BCUT2D eigenvalue weighted by atomic mass is 10.3. The number of carbonyl (C=O) groups is 1. The summed E-state index contributed by atoms with van der Waals surface area (Å²) in [4.78, 5) is 16.4. The number of halogens is 3. The van der Waals surface area contributed by atoms with Gasteiger partial charge in [-0.05, 0) is 12.1 Å². The Bertz CT molecular complexity index is 1120. The Hall–Kier alpha value is -3.12. The molecular formula is C16H9F3N6OS2. The predicted molar refractivity (Wildman–Crippen MR) is 97.5 cm³/mol. The number of nitrogens with one attached hydrogen (secondary N) is 1. The number of alkyl halides is 3. The minimum atomic E-state index is -4.60. The van der Waals surface area contributed by atoms with E-state index in [2.05, 4.69) is 25.6 Å². The number of amides is 1. The maximum Gasteiger partial charge on any atom is 0.445 e. The van der Waals surface area contributed by atoms with Crippen LogP contribution in [0.5, 0.6) is 0 Å². The van der Waals surface area contributed by atoms with Crippen molar-refractivity contribution in [2.45, 2.75) is 6.18 Å². The number of hydrogen-bond acceptors (Lipinski definition) is 7. The minimum absolute atomic E-state index is 0.0659. The number of benzene rings is 1. The van der Waals surface area contributed by atoms with Gasteiger partial charge in [0.05, 0.1) is 11.9 Å². The van der Waals surface area contributed by atoms with E-state index < -0.39 is 17.1 Å². The molecular weight excluding hydrogens is 413 g/mol. The van der Waals surface area contributed by atoms with Crippen molar-refractivity contribution in [3.8, 4) is 16.3 Å². The van der Waals surface area contributed by atoms with Crippen molar-refractivity contribution in [1.82, 2.24) is 25.0 Å². The van der Waals surface area contributed by atoms with Crippen molar-refractivity contribution in [3.63, 3.8) is 0 Å². The van der Waals surface area contributed by atoms with E-state index in [1.807, 2.05) is 30.3 Å². The van der Waals surface area contributed by atoms with Gasteiger partial charge < -0.3 is 0 Å². The molecule has 4 aromatic rings. The molecule has 3 aromatic heterocycles. The Morgan fingerprint density at radius 1 is 1.14 bits per heavy atom. The molecule has 0 unspecified atom stereocenters. The van der Waals surface area contributed by atoms with Crippen LogP contribution in [0.2, 0.25) is 0 Å². The Morgan fingerprint density at radius 2 is 1.93 bits per heavy atom. The summed E-state index contributed by atoms with van der Waals surface area (Å²) in [6.45, 7) is 0. The molecule has 0 spiro atoms. The van der Waals surface area contributed by atoms with Crippen molar-refractivity contribution in [3.05, 3.63) is 58.8 Å². The topological polar surface area (TPSA) is 85.6 Å². The Kier molecular flexibility index (Phi) is 4.65. The molecule has 0 aliphatic heterocycles. The zero-order valence-electron chi connectivity index (χ0n) is 13.7. The molecule has 0 radical (unpaired) electrons. The van der Waals surface area contributed by atoms with Gasteiger partial charge in [-0.2, -0.15) is 18.3 Å². The van der Waals surface area contributed by atoms with Crippen LogP contribution in [0.4, 0.5) is 18.3 Å². The Morgan fingerprint density at radius 3 is 2.64 bits per heavy atom. The Balaban J connectivity index is 1.49. The molecule has 0 aliphatic rings. The van der Waals surface area contributed by atoms with E-state index in [-0.39, 0.29) is 22.2 Å². The first-order valence-electron chi connectivity index (χ1n) is 7.68. The quantitative estimate of drug-likeness (QED) is 0.535. The molecule has 0 fully saturated rings. The fraction of sp³-hybridized carbons (Fsp3) is 0.0625. The zero-order valence-corrected chi connectivity index (χ0v) is 15.3. The molecule has 4 rings (SSSR count). The maximum atomic E-state index is 12.6. The summed E-state index contributed by atoms with van der Waals surface area (Å²) in [7, 11) is 0. The molecule has 0 saturated heterocycles. The highest BCUT2D eigenvalue weighted by molar-refractivity contribution is 7.15. The lowest BCUT2D eigenvalue weighted by Crippen LogP contribution is -2.12. The highest BCUT2D eigenvalue weighted by Crippen LogP contribution is 2.33. The van der Waals surface area contributed by atoms with E-state index in [1.54, 1.807) is 17.1 Å². The van der Waals surface area contributed by atoms with Gasteiger partial charge in [-0.3, -0.25) is 10.1 Å². The average molecular weight is 422 g/mol. The van der Waals surface area contributed by atoms with Gasteiger partial charge in [0.25, 0.3) is 5.91 Å². The molecule has 142 valence electrons. The summed E-state index contributed by atoms with van der Waals surface area (Å²) in [5.74, 6) is -0.664. The van der Waals surface area contributed by atoms with Gasteiger partial charge in [0.15, 0.2) is 0 Å². The largest absolute Gasteiger partial charge is 0.445 e. The van der Waals surface area contributed by atoms with Crippen LogP contribution in [0, 0.1) is 0 Å². The molecule has 12 heteroatoms. The van der Waals surface area contributed by atoms with E-state index >= 15 is 0 Å². The monoisotopic (exact) mass is 422 g/mol. The number of anilines is 1. The molecule has 1 amide bonds. The number of nitrogens with zero attached hydrogens (tertiary/aromatic N) is 5. The van der Waals surface area contributed by atoms with Crippen LogP contribution >= 0.6 is 22.7 Å². The summed E-state index contributed by atoms with van der Waals surface area (Å²) < 4.78 is 39.3. The fourth-order valence-electron chi connectivity index (χ4n) is 2.22. The third kappa shape index (κ3) is 3.77. The van der Waals surface area contributed by atoms with E-state index in [1.165, 1.54) is 16.7 Å². The van der Waals surface area contributed by atoms with Crippen molar-refractivity contribution < 1.29 is 18.0 Å². The molecule has 28 heavy (non-hydrogen) atoms. The third-order valence-electron chi connectivity index (χ3n) is 3.48. The number of carbonyl (C=O) groups excluding carboxylic acids is 1. The van der Waals surface area contributed by atoms with Crippen molar-refractivity contribution in [1.29, 1.82) is 0 Å². The SMILES string of the molecule is O=C(Nc1nnc(C(F)(F)F)s1)c1csc(-c2cnn(-c3ccccc3)c2)n1. The highest BCUT2D eigenvalue weighted by atomic mass is 32.1. The number of thiazole rings is 1. The first kappa shape index (κ1) is 18.3. The molecule has 0 atom stereocenters. The number of aromatic nitrogens is 5. The molecule has 7 nitrogen and oxygen atoms in total. The maximum absolute atomic E-state index is 12.6. The molecule has 0 bridgehead atoms. The van der Waals surface area contributed by atoms with Crippen LogP contribution < -0.4 is 5.32 Å². The molecule has 1 aromatic carbocycles. The van der Waals surface area contributed by atoms with Crippen LogP contribution in [0.3, 0.4) is 0 Å². The summed E-state index contributed by atoms with van der Waals surface area (Å²) in [5.41, 5.74) is 1.65. The van der Waals surface area contributed by atoms with Crippen molar-refractivity contribution in [2.75, 3.05) is 5.32 Å². The second-order valence-electron chi connectivity index (χ2n) is 5.41. The Labute approximate surface area is 163 Å². The second-order valence-corrected chi connectivity index (χ2v) is 7.25. The lowest BCUT2D eigenvalue weighted by Gasteiger charge is -1.99. The molecule has 3 heterocycles. The van der Waals surface area contributed by atoms with Crippen molar-refractivity contribution in [2.24, 2.45) is 0 Å². The van der Waals surface area contributed by atoms with E-state index in [9.17, 15) is 18.0 Å². The minimum Gasteiger partial charge on any atom is -0.295 e. The fourth-order valence-corrected chi connectivity index (χ4v) is 3.60. The first-order chi connectivity index (χ1) is 13.4. The highest BCUT2D eigenvalue weighted by Gasteiger charge is 2.35. The average Bonchev–Trinajstić information content (AvgIpc) is 3.41. The van der Waals surface area contributed by atoms with Crippen LogP contribution in [-0.4, -0.2) is 30.9 Å². The number of rotatable bonds is 4. The van der Waals surface area contributed by atoms with Gasteiger partial charge >= 0.3 is 6.18 Å². The summed E-state index contributed by atoms with van der Waals surface area (Å²) in [6.07, 6.45) is -1.21. The third-order valence-corrected chi connectivity index (χ3v) is 5.25. The van der Waals surface area contributed by atoms with E-state index in [0.717, 1.165) is 5.69 Å². The number of para-hydroxylation sites is 1. The number of hydrogen-bond donors (Lipinski definition) is 1. The normalized spacial score (nSPS) is 11.5. The first-order valence-corrected chi connectivity index (χ1v) is 9.38. The lowest BCUT2D eigenvalue weighted by molar-refractivity contribution is -0.138. The van der Waals surface area contributed by atoms with Gasteiger partial charge in [-0.1, -0.05) is 29.5 Å². The van der Waals surface area contributed by atoms with Crippen molar-refractivity contribution >= 4 is 33.7 Å². The summed E-state index contributed by atoms with van der Waals surface area (Å²) >= 11 is 1.47. The van der Waals surface area contributed by atoms with Gasteiger partial charge in [0.1, 0.15) is 10.7 Å². The molecule has 0 aliphatic carbocycles. The van der Waals surface area contributed by atoms with Crippen LogP contribution in [-0.2, 0) is 6.18 Å². The van der Waals surface area contributed by atoms with E-state index in [0.29, 0.717) is 10.6 Å².